The molecule has 0 radical (unpaired) electrons. The lowest BCUT2D eigenvalue weighted by molar-refractivity contribution is 0.277. The number of methoxy groups -OCH3 is 2. The topological polar surface area (TPSA) is 56.3 Å². The Hall–Kier alpha value is -1.36. The zero-order valence-electron chi connectivity index (χ0n) is 12.7. The van der Waals surface area contributed by atoms with E-state index in [9.17, 15) is 0 Å². The van der Waals surface area contributed by atoms with Crippen molar-refractivity contribution in [1.82, 2.24) is 15.3 Å². The lowest BCUT2D eigenvalue weighted by atomic mass is 9.84. The van der Waals surface area contributed by atoms with Crippen molar-refractivity contribution in [2.75, 3.05) is 14.2 Å². The van der Waals surface area contributed by atoms with E-state index in [2.05, 4.69) is 22.2 Å². The molecular formula is C15H25N3O2. The Labute approximate surface area is 121 Å². The molecule has 0 aliphatic heterocycles. The predicted molar refractivity (Wildman–Crippen MR) is 78.0 cm³/mol. The molecule has 1 heterocycles. The molecule has 5 nitrogen and oxygen atoms in total. The summed E-state index contributed by atoms with van der Waals surface area (Å²) in [6.45, 7) is 2.93. The number of nitrogens with one attached hydrogen (secondary N) is 1. The van der Waals surface area contributed by atoms with Crippen molar-refractivity contribution < 1.29 is 9.47 Å². The summed E-state index contributed by atoms with van der Waals surface area (Å²) in [5.41, 5.74) is 0.889. The molecule has 0 spiro atoms. The number of aromatic nitrogens is 2. The lowest BCUT2D eigenvalue weighted by Crippen LogP contribution is -2.34. The van der Waals surface area contributed by atoms with Crippen LogP contribution in [0.2, 0.25) is 0 Å². The Morgan fingerprint density at radius 2 is 1.75 bits per heavy atom. The van der Waals surface area contributed by atoms with Crippen molar-refractivity contribution in [3.05, 3.63) is 11.9 Å². The molecule has 20 heavy (non-hydrogen) atoms. The van der Waals surface area contributed by atoms with Crippen LogP contribution < -0.4 is 14.8 Å². The van der Waals surface area contributed by atoms with Crippen molar-refractivity contribution in [1.29, 1.82) is 0 Å². The second kappa shape index (κ2) is 7.43. The van der Waals surface area contributed by atoms with Gasteiger partial charge in [0.25, 0.3) is 0 Å². The zero-order valence-corrected chi connectivity index (χ0v) is 12.7. The predicted octanol–water partition coefficient (Wildman–Crippen LogP) is 2.55. The van der Waals surface area contributed by atoms with Crippen molar-refractivity contribution in [3.8, 4) is 11.8 Å². The van der Waals surface area contributed by atoms with Crippen LogP contribution in [-0.4, -0.2) is 30.2 Å². The highest BCUT2D eigenvalue weighted by Crippen LogP contribution is 2.28. The average Bonchev–Trinajstić information content (AvgIpc) is 2.52. The van der Waals surface area contributed by atoms with Gasteiger partial charge in [0.1, 0.15) is 6.33 Å². The van der Waals surface area contributed by atoms with Crippen molar-refractivity contribution >= 4 is 0 Å². The molecule has 1 saturated carbocycles. The molecule has 1 aromatic rings. The molecule has 1 atom stereocenters. The van der Waals surface area contributed by atoms with Crippen LogP contribution in [0, 0.1) is 5.92 Å². The lowest BCUT2D eigenvalue weighted by Gasteiger charge is -2.28. The smallest absolute Gasteiger partial charge is 0.224 e. The highest BCUT2D eigenvalue weighted by Gasteiger charge is 2.21. The van der Waals surface area contributed by atoms with Gasteiger partial charge >= 0.3 is 0 Å². The number of hydrogen-bond donors (Lipinski definition) is 1. The molecule has 1 N–H and O–H groups in total. The van der Waals surface area contributed by atoms with Gasteiger partial charge in [-0.2, -0.15) is 0 Å². The standard InChI is InChI=1S/C15H25N3O2/c1-11(12-7-5-4-6-8-12)16-9-13-14(19-2)17-10-18-15(13)20-3/h10-12,16H,4-9H2,1-3H3/t11-/m1/s1. The molecular weight excluding hydrogens is 254 g/mol. The van der Waals surface area contributed by atoms with Crippen molar-refractivity contribution in [2.24, 2.45) is 5.92 Å². The summed E-state index contributed by atoms with van der Waals surface area (Å²) >= 11 is 0. The first-order chi connectivity index (χ1) is 9.76. The summed E-state index contributed by atoms with van der Waals surface area (Å²) < 4.78 is 10.6. The minimum absolute atomic E-state index is 0.491. The van der Waals surface area contributed by atoms with Gasteiger partial charge in [0, 0.05) is 12.6 Å². The fraction of sp³-hybridized carbons (Fsp3) is 0.733. The van der Waals surface area contributed by atoms with Gasteiger partial charge in [0.2, 0.25) is 11.8 Å². The van der Waals surface area contributed by atoms with Gasteiger partial charge in [-0.15, -0.1) is 0 Å². The molecule has 0 amide bonds. The second-order valence-electron chi connectivity index (χ2n) is 5.44. The maximum absolute atomic E-state index is 5.29. The van der Waals surface area contributed by atoms with Gasteiger partial charge in [-0.25, -0.2) is 9.97 Å². The summed E-state index contributed by atoms with van der Waals surface area (Å²) in [7, 11) is 3.24. The van der Waals surface area contributed by atoms with Gasteiger partial charge in [0.05, 0.1) is 19.8 Å². The zero-order chi connectivity index (χ0) is 14.4. The van der Waals surface area contributed by atoms with Gasteiger partial charge in [-0.05, 0) is 25.7 Å². The number of nitrogens with zero attached hydrogens (tertiary/aromatic N) is 2. The van der Waals surface area contributed by atoms with E-state index in [1.807, 2.05) is 0 Å². The molecule has 2 rings (SSSR count). The van der Waals surface area contributed by atoms with Crippen LogP contribution in [0.4, 0.5) is 0 Å². The van der Waals surface area contributed by atoms with Crippen molar-refractivity contribution in [2.45, 2.75) is 51.6 Å². The van der Waals surface area contributed by atoms with Crippen LogP contribution in [0.5, 0.6) is 11.8 Å². The fourth-order valence-electron chi connectivity index (χ4n) is 2.95. The first-order valence-electron chi connectivity index (χ1n) is 7.41. The monoisotopic (exact) mass is 279 g/mol. The third kappa shape index (κ3) is 3.60. The van der Waals surface area contributed by atoms with E-state index in [1.165, 1.54) is 38.4 Å². The summed E-state index contributed by atoms with van der Waals surface area (Å²) in [5.74, 6) is 1.94. The molecule has 1 aromatic heterocycles. The molecule has 1 aliphatic rings. The van der Waals surface area contributed by atoms with Crippen molar-refractivity contribution in [3.63, 3.8) is 0 Å². The van der Waals surface area contributed by atoms with E-state index in [0.717, 1.165) is 11.5 Å². The third-order valence-corrected chi connectivity index (χ3v) is 4.21. The molecule has 0 saturated heterocycles. The van der Waals surface area contributed by atoms with E-state index in [-0.39, 0.29) is 0 Å². The SMILES string of the molecule is COc1ncnc(OC)c1CN[C@H](C)C1CCCCC1. The third-order valence-electron chi connectivity index (χ3n) is 4.21. The number of hydrogen-bond acceptors (Lipinski definition) is 5. The molecule has 5 heteroatoms. The van der Waals surface area contributed by atoms with Gasteiger partial charge < -0.3 is 14.8 Å². The van der Waals surface area contributed by atoms with Crippen LogP contribution in [-0.2, 0) is 6.54 Å². The van der Waals surface area contributed by atoms with Crippen LogP contribution in [0.3, 0.4) is 0 Å². The summed E-state index contributed by atoms with van der Waals surface area (Å²) in [4.78, 5) is 8.29. The molecule has 112 valence electrons. The van der Waals surface area contributed by atoms with E-state index in [4.69, 9.17) is 9.47 Å². The Kier molecular flexibility index (Phi) is 5.59. The normalized spacial score (nSPS) is 17.8. The largest absolute Gasteiger partial charge is 0.481 e. The van der Waals surface area contributed by atoms with E-state index in [1.54, 1.807) is 14.2 Å². The first-order valence-corrected chi connectivity index (χ1v) is 7.41. The Balaban J connectivity index is 1.98. The van der Waals surface area contributed by atoms with E-state index >= 15 is 0 Å². The van der Waals surface area contributed by atoms with Gasteiger partial charge in [0.15, 0.2) is 0 Å². The number of ether oxygens (including phenoxy) is 2. The minimum Gasteiger partial charge on any atom is -0.481 e. The molecule has 1 fully saturated rings. The summed E-state index contributed by atoms with van der Waals surface area (Å²) in [5, 5.41) is 3.58. The Morgan fingerprint density at radius 3 is 2.30 bits per heavy atom. The van der Waals surface area contributed by atoms with E-state index < -0.39 is 0 Å². The van der Waals surface area contributed by atoms with Crippen LogP contribution in [0.1, 0.15) is 44.6 Å². The summed E-state index contributed by atoms with van der Waals surface area (Å²) in [6.07, 6.45) is 8.22. The second-order valence-corrected chi connectivity index (χ2v) is 5.44. The van der Waals surface area contributed by atoms with E-state index in [0.29, 0.717) is 24.3 Å². The van der Waals surface area contributed by atoms with Crippen LogP contribution >= 0.6 is 0 Å². The van der Waals surface area contributed by atoms with Crippen LogP contribution in [0.15, 0.2) is 6.33 Å². The summed E-state index contributed by atoms with van der Waals surface area (Å²) in [6, 6.07) is 0.491. The highest BCUT2D eigenvalue weighted by molar-refractivity contribution is 5.34. The van der Waals surface area contributed by atoms with Crippen LogP contribution in [0.25, 0.3) is 0 Å². The maximum atomic E-state index is 5.29. The Morgan fingerprint density at radius 1 is 1.15 bits per heavy atom. The highest BCUT2D eigenvalue weighted by atomic mass is 16.5. The minimum atomic E-state index is 0.491. The number of rotatable bonds is 6. The maximum Gasteiger partial charge on any atom is 0.224 e. The first kappa shape index (κ1) is 15.0. The van der Waals surface area contributed by atoms with Gasteiger partial charge in [-0.3, -0.25) is 0 Å². The molecule has 0 aromatic carbocycles. The molecule has 0 unspecified atom stereocenters. The molecule has 1 aliphatic carbocycles. The average molecular weight is 279 g/mol. The fourth-order valence-corrected chi connectivity index (χ4v) is 2.95. The molecule has 0 bridgehead atoms. The Bertz CT molecular complexity index is 397. The quantitative estimate of drug-likeness (QED) is 0.867. The van der Waals surface area contributed by atoms with Gasteiger partial charge in [-0.1, -0.05) is 19.3 Å².